The quantitative estimate of drug-likeness (QED) is 0.529. The zero-order valence-electron chi connectivity index (χ0n) is 9.66. The van der Waals surface area contributed by atoms with E-state index in [1.54, 1.807) is 6.92 Å². The van der Waals surface area contributed by atoms with Gasteiger partial charge < -0.3 is 9.47 Å². The summed E-state index contributed by atoms with van der Waals surface area (Å²) in [5, 5.41) is 0. The highest BCUT2D eigenvalue weighted by atomic mass is 16.6. The molecule has 0 aromatic carbocycles. The number of hydrogen-bond donors (Lipinski definition) is 0. The number of carbonyl (C=O) groups is 3. The molecule has 0 aliphatic rings. The molecule has 0 saturated carbocycles. The second-order valence-electron chi connectivity index (χ2n) is 2.64. The van der Waals surface area contributed by atoms with E-state index in [2.05, 4.69) is 9.47 Å². The number of hydrogen-bond acceptors (Lipinski definition) is 5. The minimum Gasteiger partial charge on any atom is -0.466 e. The van der Waals surface area contributed by atoms with Gasteiger partial charge in [0.1, 0.15) is 0 Å². The van der Waals surface area contributed by atoms with E-state index in [4.69, 9.17) is 0 Å². The van der Waals surface area contributed by atoms with Crippen LogP contribution < -0.4 is 0 Å². The lowest BCUT2D eigenvalue weighted by Gasteiger charge is -1.94. The molecule has 0 N–H and O–H groups in total. The van der Waals surface area contributed by atoms with Crippen molar-refractivity contribution in [3.8, 4) is 0 Å². The van der Waals surface area contributed by atoms with Gasteiger partial charge in [0, 0.05) is 20.3 Å². The zero-order chi connectivity index (χ0) is 12.3. The van der Waals surface area contributed by atoms with Gasteiger partial charge in [-0.1, -0.05) is 6.92 Å². The molecule has 0 bridgehead atoms. The lowest BCUT2D eigenvalue weighted by molar-refractivity contribution is -0.158. The first-order valence-electron chi connectivity index (χ1n) is 4.78. The number of esters is 3. The van der Waals surface area contributed by atoms with Crippen LogP contribution in [0.1, 0.15) is 40.5 Å². The van der Waals surface area contributed by atoms with Crippen molar-refractivity contribution in [1.29, 1.82) is 0 Å². The Morgan fingerprint density at radius 2 is 1.53 bits per heavy atom. The summed E-state index contributed by atoms with van der Waals surface area (Å²) in [5.41, 5.74) is 0. The average molecular weight is 218 g/mol. The van der Waals surface area contributed by atoms with E-state index in [0.29, 0.717) is 19.4 Å². The van der Waals surface area contributed by atoms with Gasteiger partial charge in [0.25, 0.3) is 0 Å². The van der Waals surface area contributed by atoms with Gasteiger partial charge in [0.15, 0.2) is 0 Å². The SMILES string of the molecule is CCCC(=O)OC(C)=O.CCOC(C)=O. The van der Waals surface area contributed by atoms with Crippen molar-refractivity contribution in [2.75, 3.05) is 6.61 Å². The van der Waals surface area contributed by atoms with Crippen molar-refractivity contribution in [1.82, 2.24) is 0 Å². The third-order valence-electron chi connectivity index (χ3n) is 1.06. The summed E-state index contributed by atoms with van der Waals surface area (Å²) >= 11 is 0. The lowest BCUT2D eigenvalue weighted by atomic mass is 10.3. The van der Waals surface area contributed by atoms with Crippen LogP contribution in [-0.4, -0.2) is 24.5 Å². The minimum atomic E-state index is -0.534. The largest absolute Gasteiger partial charge is 0.466 e. The standard InChI is InChI=1S/C6H10O3.C4H8O2/c1-3-4-6(8)9-5(2)7;1-3-6-4(2)5/h3-4H2,1-2H3;3H2,1-2H3. The molecule has 0 aliphatic heterocycles. The van der Waals surface area contributed by atoms with Crippen LogP contribution in [0.5, 0.6) is 0 Å². The van der Waals surface area contributed by atoms with Gasteiger partial charge in [-0.25, -0.2) is 0 Å². The minimum absolute atomic E-state index is 0.211. The predicted octanol–water partition coefficient (Wildman–Crippen LogP) is 1.45. The Balaban J connectivity index is 0. The van der Waals surface area contributed by atoms with E-state index in [0.717, 1.165) is 0 Å². The van der Waals surface area contributed by atoms with Crippen LogP contribution in [0, 0.1) is 0 Å². The fourth-order valence-electron chi connectivity index (χ4n) is 0.619. The molecule has 0 amide bonds. The Labute approximate surface area is 89.7 Å². The Kier molecular flexibility index (Phi) is 11.4. The van der Waals surface area contributed by atoms with E-state index in [1.165, 1.54) is 13.8 Å². The molecule has 5 heteroatoms. The van der Waals surface area contributed by atoms with Crippen LogP contribution >= 0.6 is 0 Å². The first kappa shape index (κ1) is 16.1. The summed E-state index contributed by atoms with van der Waals surface area (Å²) in [5.74, 6) is -1.18. The molecule has 0 radical (unpaired) electrons. The van der Waals surface area contributed by atoms with Gasteiger partial charge in [0.2, 0.25) is 0 Å². The second kappa shape index (κ2) is 10.7. The maximum atomic E-state index is 10.4. The van der Waals surface area contributed by atoms with Gasteiger partial charge in [-0.05, 0) is 13.3 Å². The van der Waals surface area contributed by atoms with Crippen molar-refractivity contribution in [2.24, 2.45) is 0 Å². The summed E-state index contributed by atoms with van der Waals surface area (Å²) in [4.78, 5) is 30.3. The van der Waals surface area contributed by atoms with Crippen LogP contribution in [0.3, 0.4) is 0 Å². The predicted molar refractivity (Wildman–Crippen MR) is 54.0 cm³/mol. The van der Waals surface area contributed by atoms with Crippen molar-refractivity contribution >= 4 is 17.9 Å². The maximum Gasteiger partial charge on any atom is 0.313 e. The van der Waals surface area contributed by atoms with E-state index in [-0.39, 0.29) is 5.97 Å². The Bertz CT molecular complexity index is 210. The van der Waals surface area contributed by atoms with Gasteiger partial charge in [0.05, 0.1) is 6.61 Å². The monoisotopic (exact) mass is 218 g/mol. The van der Waals surface area contributed by atoms with E-state index in [1.807, 2.05) is 6.92 Å². The first-order valence-corrected chi connectivity index (χ1v) is 4.78. The fourth-order valence-corrected chi connectivity index (χ4v) is 0.619. The zero-order valence-corrected chi connectivity index (χ0v) is 9.66. The molecule has 5 nitrogen and oxygen atoms in total. The summed E-state index contributed by atoms with van der Waals surface area (Å²) in [6, 6.07) is 0. The highest BCUT2D eigenvalue weighted by Gasteiger charge is 2.02. The summed E-state index contributed by atoms with van der Waals surface area (Å²) in [7, 11) is 0. The van der Waals surface area contributed by atoms with Crippen LogP contribution in [0.2, 0.25) is 0 Å². The van der Waals surface area contributed by atoms with E-state index in [9.17, 15) is 14.4 Å². The van der Waals surface area contributed by atoms with Crippen LogP contribution in [-0.2, 0) is 23.9 Å². The van der Waals surface area contributed by atoms with Crippen LogP contribution in [0.4, 0.5) is 0 Å². The Morgan fingerprint density at radius 3 is 1.73 bits per heavy atom. The van der Waals surface area contributed by atoms with Crippen molar-refractivity contribution in [2.45, 2.75) is 40.5 Å². The fraction of sp³-hybridized carbons (Fsp3) is 0.700. The molecule has 0 saturated heterocycles. The van der Waals surface area contributed by atoms with Gasteiger partial charge >= 0.3 is 17.9 Å². The highest BCUT2D eigenvalue weighted by molar-refractivity contribution is 5.83. The summed E-state index contributed by atoms with van der Waals surface area (Å²) in [6.07, 6.45) is 1.03. The molecule has 0 aromatic rings. The number of rotatable bonds is 3. The molecular weight excluding hydrogens is 200 g/mol. The normalized spacial score (nSPS) is 8.27. The molecule has 0 atom stereocenters. The van der Waals surface area contributed by atoms with Gasteiger partial charge in [-0.3, -0.25) is 14.4 Å². The highest BCUT2D eigenvalue weighted by Crippen LogP contribution is 1.90. The molecule has 0 fully saturated rings. The molecule has 0 unspecified atom stereocenters. The van der Waals surface area contributed by atoms with E-state index < -0.39 is 11.9 Å². The van der Waals surface area contributed by atoms with Crippen LogP contribution in [0.25, 0.3) is 0 Å². The second-order valence-corrected chi connectivity index (χ2v) is 2.64. The molecule has 0 aromatic heterocycles. The van der Waals surface area contributed by atoms with Crippen molar-refractivity contribution < 1.29 is 23.9 Å². The molecule has 0 spiro atoms. The molecular formula is C10H18O5. The van der Waals surface area contributed by atoms with Gasteiger partial charge in [-0.2, -0.15) is 0 Å². The molecule has 0 heterocycles. The molecule has 88 valence electrons. The Morgan fingerprint density at radius 1 is 1.00 bits per heavy atom. The third-order valence-corrected chi connectivity index (χ3v) is 1.06. The number of carbonyl (C=O) groups excluding carboxylic acids is 3. The summed E-state index contributed by atoms with van der Waals surface area (Å²) in [6.45, 7) is 6.72. The average Bonchev–Trinajstić information content (AvgIpc) is 2.03. The maximum absolute atomic E-state index is 10.4. The van der Waals surface area contributed by atoms with Crippen molar-refractivity contribution in [3.63, 3.8) is 0 Å². The lowest BCUT2D eigenvalue weighted by Crippen LogP contribution is -2.07. The molecule has 0 rings (SSSR count). The smallest absolute Gasteiger partial charge is 0.313 e. The van der Waals surface area contributed by atoms with Gasteiger partial charge in [-0.15, -0.1) is 0 Å². The summed E-state index contributed by atoms with van der Waals surface area (Å²) < 4.78 is 8.62. The number of ether oxygens (including phenoxy) is 2. The van der Waals surface area contributed by atoms with E-state index >= 15 is 0 Å². The van der Waals surface area contributed by atoms with Crippen molar-refractivity contribution in [3.05, 3.63) is 0 Å². The molecule has 15 heavy (non-hydrogen) atoms. The topological polar surface area (TPSA) is 69.7 Å². The third kappa shape index (κ3) is 19.1. The van der Waals surface area contributed by atoms with Crippen LogP contribution in [0.15, 0.2) is 0 Å². The molecule has 0 aliphatic carbocycles. The first-order chi connectivity index (χ1) is 6.93. The Hall–Kier alpha value is -1.39.